The molecule has 0 spiro atoms. The maximum Gasteiger partial charge on any atom is 0.337 e. The van der Waals surface area contributed by atoms with Crippen molar-refractivity contribution in [3.8, 4) is 5.75 Å². The van der Waals surface area contributed by atoms with Crippen LogP contribution < -0.4 is 10.2 Å². The van der Waals surface area contributed by atoms with Gasteiger partial charge in [0.1, 0.15) is 11.9 Å². The Morgan fingerprint density at radius 3 is 2.39 bits per heavy atom. The smallest absolute Gasteiger partial charge is 0.337 e. The number of hydrogen-bond acceptors (Lipinski definition) is 9. The van der Waals surface area contributed by atoms with Gasteiger partial charge in [0.05, 0.1) is 47.6 Å². The molecule has 33 heavy (non-hydrogen) atoms. The molecular weight excluding hydrogens is 456 g/mol. The Morgan fingerprint density at radius 1 is 1.12 bits per heavy atom. The summed E-state index contributed by atoms with van der Waals surface area (Å²) in [5.74, 6) is -0.497. The van der Waals surface area contributed by atoms with E-state index in [1.165, 1.54) is 49.1 Å². The predicted molar refractivity (Wildman–Crippen MR) is 118 cm³/mol. The minimum atomic E-state index is -4.03. The third-order valence-electron chi connectivity index (χ3n) is 4.96. The number of nitrogens with zero attached hydrogens (tertiary/aromatic N) is 2. The highest BCUT2D eigenvalue weighted by Gasteiger charge is 2.28. The van der Waals surface area contributed by atoms with E-state index in [9.17, 15) is 28.1 Å². The van der Waals surface area contributed by atoms with E-state index in [4.69, 9.17) is 13.7 Å². The van der Waals surface area contributed by atoms with E-state index in [0.717, 1.165) is 18.4 Å². The van der Waals surface area contributed by atoms with Crippen LogP contribution in [0.3, 0.4) is 0 Å². The zero-order chi connectivity index (χ0) is 24.5. The average molecular weight is 476 g/mol. The number of methoxy groups -OCH3 is 2. The molecule has 2 aromatic carbocycles. The number of carbonyl (C=O) groups is 1. The summed E-state index contributed by atoms with van der Waals surface area (Å²) in [6.07, 6.45) is -0.461. The van der Waals surface area contributed by atoms with Gasteiger partial charge >= 0.3 is 5.97 Å². The number of aryl methyl sites for hydroxylation is 1. The highest BCUT2D eigenvalue weighted by Crippen LogP contribution is 2.35. The van der Waals surface area contributed by atoms with Gasteiger partial charge in [-0.15, -0.1) is 0 Å². The van der Waals surface area contributed by atoms with Crippen molar-refractivity contribution in [1.82, 2.24) is 4.57 Å². The molecule has 0 amide bonds. The number of benzene rings is 2. The van der Waals surface area contributed by atoms with Crippen LogP contribution in [0.5, 0.6) is 5.75 Å². The van der Waals surface area contributed by atoms with E-state index in [0.29, 0.717) is 5.52 Å². The molecule has 1 heterocycles. The van der Waals surface area contributed by atoms with Crippen LogP contribution >= 0.6 is 0 Å². The molecular formula is C21H20N2O9S. The molecule has 3 rings (SSSR count). The summed E-state index contributed by atoms with van der Waals surface area (Å²) >= 11 is 0. The van der Waals surface area contributed by atoms with Crippen LogP contribution in [0.4, 0.5) is 5.69 Å². The number of nitro benzene ring substituents is 1. The summed E-state index contributed by atoms with van der Waals surface area (Å²) in [5, 5.41) is 11.2. The van der Waals surface area contributed by atoms with Crippen LogP contribution in [-0.4, -0.2) is 44.4 Å². The molecule has 1 aromatic heterocycles. The van der Waals surface area contributed by atoms with Gasteiger partial charge < -0.3 is 14.0 Å². The second-order valence-corrected chi connectivity index (χ2v) is 8.68. The molecule has 0 fully saturated rings. The number of aromatic nitrogens is 1. The number of pyridine rings is 1. The maximum absolute atomic E-state index is 12.8. The Balaban J connectivity index is 2.29. The van der Waals surface area contributed by atoms with E-state index in [-0.39, 0.29) is 33.6 Å². The zero-order valence-corrected chi connectivity index (χ0v) is 18.9. The molecule has 0 saturated heterocycles. The summed E-state index contributed by atoms with van der Waals surface area (Å²) in [6, 6.07) is 9.14. The minimum Gasteiger partial charge on any atom is -0.496 e. The standard InChI is InChI=1S/C21H20N2O9S/c1-22-16-8-6-13(23(26)27)10-15(16)18(24)11-17(22)20(32-33(4,28)29)14-7-5-12(21(25)31-3)9-19(14)30-2/h5-11,20H,1-4H3. The van der Waals surface area contributed by atoms with Crippen LogP contribution in [0.15, 0.2) is 47.3 Å². The van der Waals surface area contributed by atoms with Gasteiger partial charge in [-0.2, -0.15) is 8.42 Å². The number of rotatable bonds is 7. The summed E-state index contributed by atoms with van der Waals surface area (Å²) in [7, 11) is 0.0830. The average Bonchev–Trinajstić information content (AvgIpc) is 2.78. The first-order valence-electron chi connectivity index (χ1n) is 9.39. The lowest BCUT2D eigenvalue weighted by Gasteiger charge is -2.23. The molecule has 0 N–H and O–H groups in total. The van der Waals surface area contributed by atoms with Crippen LogP contribution in [0, 0.1) is 10.1 Å². The van der Waals surface area contributed by atoms with Crippen LogP contribution in [0.2, 0.25) is 0 Å². The summed E-state index contributed by atoms with van der Waals surface area (Å²) < 4.78 is 41.1. The fourth-order valence-corrected chi connectivity index (χ4v) is 3.99. The molecule has 1 atom stereocenters. The molecule has 11 nitrogen and oxygen atoms in total. The van der Waals surface area contributed by atoms with E-state index >= 15 is 0 Å². The van der Waals surface area contributed by atoms with Gasteiger partial charge in [0.2, 0.25) is 0 Å². The van der Waals surface area contributed by atoms with Gasteiger partial charge in [0, 0.05) is 30.8 Å². The van der Waals surface area contributed by atoms with Gasteiger partial charge in [-0.05, 0) is 18.2 Å². The predicted octanol–water partition coefficient (Wildman–Crippen LogP) is 2.31. The largest absolute Gasteiger partial charge is 0.496 e. The summed E-state index contributed by atoms with van der Waals surface area (Å²) in [4.78, 5) is 35.2. The van der Waals surface area contributed by atoms with E-state index < -0.39 is 32.5 Å². The first-order chi connectivity index (χ1) is 15.5. The Bertz CT molecular complexity index is 1430. The first-order valence-corrected chi connectivity index (χ1v) is 11.2. The van der Waals surface area contributed by atoms with Crippen molar-refractivity contribution in [1.29, 1.82) is 0 Å². The maximum atomic E-state index is 12.8. The first kappa shape index (κ1) is 23.9. The van der Waals surface area contributed by atoms with Crippen molar-refractivity contribution < 1.29 is 31.8 Å². The monoisotopic (exact) mass is 476 g/mol. The van der Waals surface area contributed by atoms with E-state index in [1.54, 1.807) is 7.05 Å². The molecule has 0 aliphatic carbocycles. The lowest BCUT2D eigenvalue weighted by molar-refractivity contribution is -0.384. The molecule has 174 valence electrons. The number of ether oxygens (including phenoxy) is 2. The van der Waals surface area contributed by atoms with Crippen molar-refractivity contribution in [3.63, 3.8) is 0 Å². The van der Waals surface area contributed by atoms with Gasteiger partial charge in [-0.1, -0.05) is 6.07 Å². The van der Waals surface area contributed by atoms with Crippen molar-refractivity contribution in [2.75, 3.05) is 20.5 Å². The lowest BCUT2D eigenvalue weighted by atomic mass is 10.0. The Morgan fingerprint density at radius 2 is 1.82 bits per heavy atom. The molecule has 12 heteroatoms. The van der Waals surface area contributed by atoms with Crippen molar-refractivity contribution in [3.05, 3.63) is 79.6 Å². The number of nitro groups is 1. The van der Waals surface area contributed by atoms with Gasteiger partial charge in [-0.3, -0.25) is 19.1 Å². The second-order valence-electron chi connectivity index (χ2n) is 7.08. The number of non-ortho nitro benzene ring substituents is 1. The van der Waals surface area contributed by atoms with Gasteiger partial charge in [0.25, 0.3) is 15.8 Å². The van der Waals surface area contributed by atoms with Gasteiger partial charge in [0.15, 0.2) is 5.43 Å². The van der Waals surface area contributed by atoms with Crippen LogP contribution in [0.1, 0.15) is 27.7 Å². The van der Waals surface area contributed by atoms with E-state index in [1.807, 2.05) is 0 Å². The normalized spacial score (nSPS) is 12.4. The number of hydrogen-bond donors (Lipinski definition) is 0. The Hall–Kier alpha value is -3.77. The molecule has 0 aliphatic heterocycles. The number of fused-ring (bicyclic) bond motifs is 1. The third kappa shape index (κ3) is 4.86. The fourth-order valence-electron chi connectivity index (χ4n) is 3.43. The fraction of sp³-hybridized carbons (Fsp3) is 0.238. The zero-order valence-electron chi connectivity index (χ0n) is 18.1. The number of esters is 1. The Labute approximate surface area is 188 Å². The van der Waals surface area contributed by atoms with Crippen molar-refractivity contribution in [2.24, 2.45) is 7.05 Å². The molecule has 0 bridgehead atoms. The van der Waals surface area contributed by atoms with Crippen molar-refractivity contribution in [2.45, 2.75) is 6.10 Å². The highest BCUT2D eigenvalue weighted by molar-refractivity contribution is 7.86. The van der Waals surface area contributed by atoms with Crippen LogP contribution in [0.25, 0.3) is 10.9 Å². The minimum absolute atomic E-state index is 0.0848. The second kappa shape index (κ2) is 9.00. The Kier molecular flexibility index (Phi) is 6.51. The van der Waals surface area contributed by atoms with Gasteiger partial charge in [-0.25, -0.2) is 4.79 Å². The SMILES string of the molecule is COC(=O)c1ccc(C(OS(C)(=O)=O)c2cc(=O)c3cc([N+](=O)[O-])ccc3n2C)c(OC)c1. The summed E-state index contributed by atoms with van der Waals surface area (Å²) in [6.45, 7) is 0. The highest BCUT2D eigenvalue weighted by atomic mass is 32.2. The molecule has 1 unspecified atom stereocenters. The third-order valence-corrected chi connectivity index (χ3v) is 5.50. The van der Waals surface area contributed by atoms with E-state index in [2.05, 4.69) is 0 Å². The topological polar surface area (TPSA) is 144 Å². The molecule has 0 aliphatic rings. The summed E-state index contributed by atoms with van der Waals surface area (Å²) in [5.41, 5.74) is 0.0550. The quantitative estimate of drug-likeness (QED) is 0.217. The molecule has 3 aromatic rings. The van der Waals surface area contributed by atoms with Crippen molar-refractivity contribution >= 4 is 32.7 Å². The molecule has 0 radical (unpaired) electrons. The lowest BCUT2D eigenvalue weighted by Crippen LogP contribution is -2.20. The number of carbonyl (C=O) groups excluding carboxylic acids is 1. The molecule has 0 saturated carbocycles. The van der Waals surface area contributed by atoms with Crippen LogP contribution in [-0.2, 0) is 26.1 Å².